The smallest absolute Gasteiger partial charge is 0.380 e. The zero-order valence-electron chi connectivity index (χ0n) is 13.6. The summed E-state index contributed by atoms with van der Waals surface area (Å²) in [6.07, 6.45) is -0.609. The first-order chi connectivity index (χ1) is 12.6. The van der Waals surface area contributed by atoms with Gasteiger partial charge in [0.15, 0.2) is 11.5 Å². The summed E-state index contributed by atoms with van der Waals surface area (Å²) in [5.41, 5.74) is 5.83. The molecule has 27 heavy (non-hydrogen) atoms. The van der Waals surface area contributed by atoms with E-state index in [9.17, 15) is 17.6 Å². The molecule has 11 heteroatoms. The predicted molar refractivity (Wildman–Crippen MR) is 92.1 cm³/mol. The lowest BCUT2D eigenvalue weighted by Gasteiger charge is -2.09. The zero-order valence-corrected chi connectivity index (χ0v) is 13.6. The van der Waals surface area contributed by atoms with Crippen molar-refractivity contribution in [3.8, 4) is 0 Å². The lowest BCUT2D eigenvalue weighted by atomic mass is 9.94. The number of halogens is 4. The SMILES string of the molecule is [B]c1ccc(Cc2nc(C(=N)N=C(N)C(F)(F)F)cn3ccnc23)c(F)c1. The Bertz CT molecular complexity index is 1060. The molecule has 0 aliphatic rings. The van der Waals surface area contributed by atoms with E-state index in [1.54, 1.807) is 0 Å². The van der Waals surface area contributed by atoms with Crippen LogP contribution in [0.2, 0.25) is 0 Å². The number of nitrogens with zero attached hydrogens (tertiary/aromatic N) is 4. The molecule has 3 N–H and O–H groups in total. The summed E-state index contributed by atoms with van der Waals surface area (Å²) in [5.74, 6) is -2.99. The van der Waals surface area contributed by atoms with Crippen LogP contribution in [0.3, 0.4) is 0 Å². The molecule has 0 fully saturated rings. The number of imidazole rings is 1. The molecule has 2 heterocycles. The van der Waals surface area contributed by atoms with Crippen LogP contribution in [0.5, 0.6) is 0 Å². The Morgan fingerprint density at radius 2 is 2.07 bits per heavy atom. The van der Waals surface area contributed by atoms with Gasteiger partial charge in [-0.2, -0.15) is 13.2 Å². The Morgan fingerprint density at radius 1 is 1.33 bits per heavy atom. The van der Waals surface area contributed by atoms with Crippen molar-refractivity contribution < 1.29 is 17.6 Å². The molecule has 2 radical (unpaired) electrons. The highest BCUT2D eigenvalue weighted by Crippen LogP contribution is 2.17. The molecule has 2 aromatic heterocycles. The minimum absolute atomic E-state index is 0.00772. The van der Waals surface area contributed by atoms with Crippen LogP contribution in [-0.4, -0.2) is 40.1 Å². The first kappa shape index (κ1) is 18.6. The van der Waals surface area contributed by atoms with Gasteiger partial charge in [-0.25, -0.2) is 19.4 Å². The highest BCUT2D eigenvalue weighted by molar-refractivity contribution is 6.32. The van der Waals surface area contributed by atoms with Gasteiger partial charge in [0.25, 0.3) is 0 Å². The summed E-state index contributed by atoms with van der Waals surface area (Å²) < 4.78 is 53.1. The maximum atomic E-state index is 14.1. The topological polar surface area (TPSA) is 92.4 Å². The van der Waals surface area contributed by atoms with Crippen LogP contribution >= 0.6 is 0 Å². The Labute approximate surface area is 151 Å². The van der Waals surface area contributed by atoms with Gasteiger partial charge in [-0.1, -0.05) is 17.6 Å². The van der Waals surface area contributed by atoms with Gasteiger partial charge >= 0.3 is 6.18 Å². The molecule has 3 aromatic rings. The number of amidine groups is 2. The molecular weight excluding hydrogens is 363 g/mol. The van der Waals surface area contributed by atoms with E-state index in [0.717, 1.165) is 6.07 Å². The normalized spacial score (nSPS) is 12.5. The average Bonchev–Trinajstić information content (AvgIpc) is 3.05. The Morgan fingerprint density at radius 3 is 2.74 bits per heavy atom. The maximum absolute atomic E-state index is 14.1. The summed E-state index contributed by atoms with van der Waals surface area (Å²) in [6.45, 7) is 0. The third-order valence-electron chi connectivity index (χ3n) is 3.64. The molecule has 0 bridgehead atoms. The van der Waals surface area contributed by atoms with E-state index in [4.69, 9.17) is 19.0 Å². The van der Waals surface area contributed by atoms with Crippen molar-refractivity contribution in [2.75, 3.05) is 0 Å². The van der Waals surface area contributed by atoms with Crippen molar-refractivity contribution in [2.45, 2.75) is 12.6 Å². The summed E-state index contributed by atoms with van der Waals surface area (Å²) in [6, 6.07) is 4.14. The summed E-state index contributed by atoms with van der Waals surface area (Å²) >= 11 is 0. The van der Waals surface area contributed by atoms with Crippen LogP contribution in [-0.2, 0) is 6.42 Å². The highest BCUT2D eigenvalue weighted by atomic mass is 19.4. The fourth-order valence-electron chi connectivity index (χ4n) is 2.36. The molecule has 6 nitrogen and oxygen atoms in total. The van der Waals surface area contributed by atoms with E-state index in [2.05, 4.69) is 15.0 Å². The highest BCUT2D eigenvalue weighted by Gasteiger charge is 2.34. The van der Waals surface area contributed by atoms with Gasteiger partial charge in [0.1, 0.15) is 19.4 Å². The molecule has 0 aliphatic carbocycles. The van der Waals surface area contributed by atoms with Gasteiger partial charge < -0.3 is 10.1 Å². The standard InChI is InChI=1S/C16H11BF4N6/c17-9-2-1-8(10(18)6-9)5-11-14-24-3-4-27(14)7-12(25-11)13(22)26-15(23)16(19,20)21/h1-4,6-7H,5H2,(H3,22,23,26). The number of hydrogen-bond acceptors (Lipinski definition) is 3. The van der Waals surface area contributed by atoms with Crippen molar-refractivity contribution in [2.24, 2.45) is 10.7 Å². The molecule has 0 unspecified atom stereocenters. The minimum atomic E-state index is -4.86. The van der Waals surface area contributed by atoms with Crippen molar-refractivity contribution in [3.05, 3.63) is 59.6 Å². The third kappa shape index (κ3) is 3.96. The summed E-state index contributed by atoms with van der Waals surface area (Å²) in [4.78, 5) is 11.3. The van der Waals surface area contributed by atoms with Crippen LogP contribution < -0.4 is 11.2 Å². The molecule has 3 rings (SSSR count). The first-order valence-corrected chi connectivity index (χ1v) is 7.52. The first-order valence-electron chi connectivity index (χ1n) is 7.52. The molecule has 0 spiro atoms. The number of nitrogens with two attached hydrogens (primary N) is 1. The van der Waals surface area contributed by atoms with Crippen LogP contribution in [0.25, 0.3) is 5.65 Å². The molecule has 0 aliphatic heterocycles. The minimum Gasteiger partial charge on any atom is -0.380 e. The van der Waals surface area contributed by atoms with Gasteiger partial charge in [0.2, 0.25) is 5.84 Å². The summed E-state index contributed by atoms with van der Waals surface area (Å²) in [7, 11) is 5.52. The van der Waals surface area contributed by atoms with E-state index >= 15 is 0 Å². The van der Waals surface area contributed by atoms with E-state index < -0.39 is 23.7 Å². The second-order valence-corrected chi connectivity index (χ2v) is 5.60. The second kappa shape index (κ2) is 6.82. The maximum Gasteiger partial charge on any atom is 0.449 e. The average molecular weight is 374 g/mol. The lowest BCUT2D eigenvalue weighted by Crippen LogP contribution is -2.32. The lowest BCUT2D eigenvalue weighted by molar-refractivity contribution is -0.0597. The van der Waals surface area contributed by atoms with Gasteiger partial charge in [0, 0.05) is 25.0 Å². The zero-order chi connectivity index (χ0) is 19.8. The molecule has 0 saturated heterocycles. The molecule has 1 aromatic carbocycles. The van der Waals surface area contributed by atoms with E-state index in [-0.39, 0.29) is 28.8 Å². The monoisotopic (exact) mass is 374 g/mol. The number of hydrogen-bond donors (Lipinski definition) is 2. The van der Waals surface area contributed by atoms with Crippen molar-refractivity contribution in [1.29, 1.82) is 5.41 Å². The van der Waals surface area contributed by atoms with Crippen LogP contribution in [0.1, 0.15) is 17.0 Å². The van der Waals surface area contributed by atoms with Crippen molar-refractivity contribution in [1.82, 2.24) is 14.4 Å². The van der Waals surface area contributed by atoms with Gasteiger partial charge in [-0.3, -0.25) is 5.41 Å². The number of aliphatic imine (C=N–C) groups is 1. The second-order valence-electron chi connectivity index (χ2n) is 5.60. The Balaban J connectivity index is 2.03. The molecular formula is C16H11BF4N6. The summed E-state index contributed by atoms with van der Waals surface area (Å²) in [5, 5.41) is 7.76. The van der Waals surface area contributed by atoms with Crippen LogP contribution in [0, 0.1) is 11.2 Å². The number of alkyl halides is 3. The van der Waals surface area contributed by atoms with Gasteiger partial charge in [-0.05, 0) is 11.6 Å². The van der Waals surface area contributed by atoms with E-state index in [1.807, 2.05) is 0 Å². The number of benzene rings is 1. The van der Waals surface area contributed by atoms with Crippen molar-refractivity contribution in [3.63, 3.8) is 0 Å². The van der Waals surface area contributed by atoms with Gasteiger partial charge in [-0.15, -0.1) is 0 Å². The van der Waals surface area contributed by atoms with Crippen LogP contribution in [0.15, 0.2) is 41.8 Å². The third-order valence-corrected chi connectivity index (χ3v) is 3.64. The number of fused-ring (bicyclic) bond motifs is 1. The molecule has 136 valence electrons. The quantitative estimate of drug-likeness (QED) is 0.315. The number of rotatable bonds is 3. The van der Waals surface area contributed by atoms with Crippen molar-refractivity contribution >= 4 is 30.6 Å². The molecule has 0 saturated carbocycles. The fraction of sp³-hybridized carbons (Fsp3) is 0.125. The fourth-order valence-corrected chi connectivity index (χ4v) is 2.36. The largest absolute Gasteiger partial charge is 0.449 e. The van der Waals surface area contributed by atoms with Gasteiger partial charge in [0.05, 0.1) is 5.69 Å². The predicted octanol–water partition coefficient (Wildman–Crippen LogP) is 1.50. The van der Waals surface area contributed by atoms with E-state index in [1.165, 1.54) is 35.1 Å². The van der Waals surface area contributed by atoms with Crippen LogP contribution in [0.4, 0.5) is 17.6 Å². The van der Waals surface area contributed by atoms with E-state index in [0.29, 0.717) is 5.65 Å². The molecule has 0 atom stereocenters. The number of nitrogens with one attached hydrogen (secondary N) is 1. The Hall–Kier alpha value is -3.24. The molecule has 0 amide bonds. The number of aromatic nitrogens is 3. The Kier molecular flexibility index (Phi) is 4.69.